The molecular weight excluding hydrogens is 524 g/mol. The Morgan fingerprint density at radius 3 is 2.05 bits per heavy atom. The van der Waals surface area contributed by atoms with E-state index in [1.165, 1.54) is 34.3 Å². The zero-order valence-electron chi connectivity index (χ0n) is 22.6. The Balaban J connectivity index is 1.18. The van der Waals surface area contributed by atoms with Crippen LogP contribution in [0.3, 0.4) is 0 Å². The molecule has 3 aromatic carbocycles. The number of fused-ring (bicyclic) bond motifs is 1. The number of hydrogen-bond acceptors (Lipinski definition) is 8. The molecule has 3 heterocycles. The van der Waals surface area contributed by atoms with Gasteiger partial charge in [-0.25, -0.2) is 18.4 Å². The minimum Gasteiger partial charge on any atom is -0.508 e. The van der Waals surface area contributed by atoms with Crippen LogP contribution in [0, 0.1) is 0 Å². The van der Waals surface area contributed by atoms with Crippen molar-refractivity contribution in [1.82, 2.24) is 19.2 Å². The van der Waals surface area contributed by atoms with Gasteiger partial charge < -0.3 is 14.9 Å². The number of hydrogen-bond donors (Lipinski definition) is 1. The standard InChI is InChI=1S/C30H34N6O3S/c1-23(33-19-21-36(22-20-33)40(38,39)26-13-11-25(37)12-14-26)29-31-28-10-6-5-9-27(28)30(32-29)35-17-15-34(16-18-35)24-7-3-2-4-8-24/h2-14,23,37H,15-22H2,1H3. The van der Waals surface area contributed by atoms with E-state index in [0.29, 0.717) is 26.2 Å². The Hall–Kier alpha value is -3.73. The van der Waals surface area contributed by atoms with Gasteiger partial charge in [0.05, 0.1) is 16.5 Å². The number of rotatable bonds is 6. The number of nitrogens with zero attached hydrogens (tertiary/aromatic N) is 6. The molecule has 2 fully saturated rings. The largest absolute Gasteiger partial charge is 0.508 e. The van der Waals surface area contributed by atoms with E-state index in [1.807, 2.05) is 24.3 Å². The Morgan fingerprint density at radius 1 is 0.725 bits per heavy atom. The third-order valence-electron chi connectivity index (χ3n) is 7.97. The van der Waals surface area contributed by atoms with Gasteiger partial charge in [0, 0.05) is 63.4 Å². The summed E-state index contributed by atoms with van der Waals surface area (Å²) in [4.78, 5) is 17.3. The van der Waals surface area contributed by atoms with Crippen molar-refractivity contribution in [2.45, 2.75) is 17.9 Å². The summed E-state index contributed by atoms with van der Waals surface area (Å²) in [5.41, 5.74) is 2.17. The highest BCUT2D eigenvalue weighted by Gasteiger charge is 2.32. The second-order valence-corrected chi connectivity index (χ2v) is 12.3. The lowest BCUT2D eigenvalue weighted by molar-refractivity contribution is 0.141. The quantitative estimate of drug-likeness (QED) is 0.383. The fourth-order valence-corrected chi connectivity index (χ4v) is 7.00. The number of aromatic hydroxyl groups is 1. The number of piperazine rings is 2. The zero-order chi connectivity index (χ0) is 27.7. The van der Waals surface area contributed by atoms with E-state index in [1.54, 1.807) is 0 Å². The molecule has 4 aromatic rings. The molecule has 2 aliphatic rings. The lowest BCUT2D eigenvalue weighted by Crippen LogP contribution is -2.49. The first-order valence-electron chi connectivity index (χ1n) is 13.7. The van der Waals surface area contributed by atoms with Crippen molar-refractivity contribution < 1.29 is 13.5 Å². The lowest BCUT2D eigenvalue weighted by Gasteiger charge is -2.38. The van der Waals surface area contributed by atoms with Crippen molar-refractivity contribution in [2.24, 2.45) is 0 Å². The van der Waals surface area contributed by atoms with Gasteiger partial charge in [-0.3, -0.25) is 4.90 Å². The zero-order valence-corrected chi connectivity index (χ0v) is 23.4. The summed E-state index contributed by atoms with van der Waals surface area (Å²) in [5, 5.41) is 10.6. The number of benzene rings is 3. The second-order valence-electron chi connectivity index (χ2n) is 10.3. The van der Waals surface area contributed by atoms with Gasteiger partial charge in [-0.15, -0.1) is 0 Å². The third-order valence-corrected chi connectivity index (χ3v) is 9.88. The number of aromatic nitrogens is 2. The van der Waals surface area contributed by atoms with E-state index >= 15 is 0 Å². The molecule has 1 N–H and O–H groups in total. The molecule has 40 heavy (non-hydrogen) atoms. The van der Waals surface area contributed by atoms with Gasteiger partial charge in [-0.05, 0) is 55.5 Å². The summed E-state index contributed by atoms with van der Waals surface area (Å²) < 4.78 is 27.7. The van der Waals surface area contributed by atoms with Gasteiger partial charge in [-0.2, -0.15) is 4.31 Å². The number of phenols is 1. The molecule has 1 aromatic heterocycles. The van der Waals surface area contributed by atoms with Crippen molar-refractivity contribution in [3.05, 3.63) is 84.7 Å². The highest BCUT2D eigenvalue weighted by atomic mass is 32.2. The molecule has 2 aliphatic heterocycles. The molecule has 2 saturated heterocycles. The van der Waals surface area contributed by atoms with Crippen molar-refractivity contribution in [3.8, 4) is 5.75 Å². The maximum atomic E-state index is 13.1. The van der Waals surface area contributed by atoms with E-state index in [4.69, 9.17) is 9.97 Å². The monoisotopic (exact) mass is 558 g/mol. The molecule has 0 aliphatic carbocycles. The molecule has 10 heteroatoms. The molecule has 0 radical (unpaired) electrons. The molecule has 0 saturated carbocycles. The normalized spacial score (nSPS) is 18.2. The number of anilines is 2. The fraction of sp³-hybridized carbons (Fsp3) is 0.333. The number of para-hydroxylation sites is 2. The first kappa shape index (κ1) is 26.5. The van der Waals surface area contributed by atoms with Crippen LogP contribution in [-0.2, 0) is 10.0 Å². The van der Waals surface area contributed by atoms with Crippen LogP contribution in [0.25, 0.3) is 10.9 Å². The van der Waals surface area contributed by atoms with Gasteiger partial charge >= 0.3 is 0 Å². The number of sulfonamides is 1. The van der Waals surface area contributed by atoms with Gasteiger partial charge in [0.25, 0.3) is 0 Å². The van der Waals surface area contributed by atoms with Crippen LogP contribution in [0.4, 0.5) is 11.5 Å². The third kappa shape index (κ3) is 5.22. The maximum Gasteiger partial charge on any atom is 0.243 e. The van der Waals surface area contributed by atoms with Crippen molar-refractivity contribution in [2.75, 3.05) is 62.2 Å². The summed E-state index contributed by atoms with van der Waals surface area (Å²) in [5.74, 6) is 1.77. The van der Waals surface area contributed by atoms with Gasteiger partial charge in [0.1, 0.15) is 17.4 Å². The van der Waals surface area contributed by atoms with E-state index in [-0.39, 0.29) is 16.7 Å². The van der Waals surface area contributed by atoms with Crippen LogP contribution >= 0.6 is 0 Å². The second kappa shape index (κ2) is 11.0. The number of phenolic OH excluding ortho intramolecular Hbond substituents is 1. The molecule has 1 unspecified atom stereocenters. The molecule has 0 amide bonds. The predicted molar refractivity (Wildman–Crippen MR) is 157 cm³/mol. The molecule has 0 spiro atoms. The first-order valence-corrected chi connectivity index (χ1v) is 15.2. The van der Waals surface area contributed by atoms with Gasteiger partial charge in [0.2, 0.25) is 10.0 Å². The van der Waals surface area contributed by atoms with E-state index in [2.05, 4.69) is 52.0 Å². The van der Waals surface area contributed by atoms with Crippen molar-refractivity contribution in [3.63, 3.8) is 0 Å². The Kier molecular flexibility index (Phi) is 7.31. The highest BCUT2D eigenvalue weighted by Crippen LogP contribution is 2.30. The average molecular weight is 559 g/mol. The predicted octanol–water partition coefficient (Wildman–Crippen LogP) is 3.73. The van der Waals surface area contributed by atoms with Gasteiger partial charge in [-0.1, -0.05) is 30.3 Å². The highest BCUT2D eigenvalue weighted by molar-refractivity contribution is 7.89. The summed E-state index contributed by atoms with van der Waals surface area (Å²) in [6.07, 6.45) is 0. The van der Waals surface area contributed by atoms with E-state index in [9.17, 15) is 13.5 Å². The molecule has 9 nitrogen and oxygen atoms in total. The Bertz CT molecular complexity index is 1570. The van der Waals surface area contributed by atoms with Crippen LogP contribution in [-0.4, -0.2) is 85.1 Å². The molecule has 0 bridgehead atoms. The van der Waals surface area contributed by atoms with E-state index in [0.717, 1.165) is 48.7 Å². The smallest absolute Gasteiger partial charge is 0.243 e. The first-order chi connectivity index (χ1) is 19.4. The Morgan fingerprint density at radius 2 is 1.35 bits per heavy atom. The van der Waals surface area contributed by atoms with Crippen LogP contribution in [0.2, 0.25) is 0 Å². The SMILES string of the molecule is CC(c1nc(N2CCN(c3ccccc3)CC2)c2ccccc2n1)N1CCN(S(=O)(=O)c2ccc(O)cc2)CC1. The molecular formula is C30H34N6O3S. The topological polar surface area (TPSA) is 93.1 Å². The lowest BCUT2D eigenvalue weighted by atomic mass is 10.1. The van der Waals surface area contributed by atoms with Crippen LogP contribution < -0.4 is 9.80 Å². The molecule has 1 atom stereocenters. The molecule has 6 rings (SSSR count). The van der Waals surface area contributed by atoms with Crippen LogP contribution in [0.5, 0.6) is 5.75 Å². The van der Waals surface area contributed by atoms with E-state index < -0.39 is 10.0 Å². The Labute approximate surface area is 235 Å². The summed E-state index contributed by atoms with van der Waals surface area (Å²) in [6.45, 7) is 7.63. The molecule has 208 valence electrons. The maximum absolute atomic E-state index is 13.1. The van der Waals surface area contributed by atoms with Crippen molar-refractivity contribution in [1.29, 1.82) is 0 Å². The minimum atomic E-state index is -3.61. The van der Waals surface area contributed by atoms with Crippen LogP contribution in [0.15, 0.2) is 83.8 Å². The summed E-state index contributed by atoms with van der Waals surface area (Å²) in [7, 11) is -3.61. The fourth-order valence-electron chi connectivity index (χ4n) is 5.58. The minimum absolute atomic E-state index is 0.0467. The summed E-state index contributed by atoms with van der Waals surface area (Å²) >= 11 is 0. The van der Waals surface area contributed by atoms with Crippen molar-refractivity contribution >= 4 is 32.4 Å². The average Bonchev–Trinajstić information content (AvgIpc) is 3.01. The summed E-state index contributed by atoms with van der Waals surface area (Å²) in [6, 6.07) is 24.3. The van der Waals surface area contributed by atoms with Crippen LogP contribution in [0.1, 0.15) is 18.8 Å². The van der Waals surface area contributed by atoms with Gasteiger partial charge in [0.15, 0.2) is 0 Å².